The first-order valence-electron chi connectivity index (χ1n) is 7.64. The molecule has 128 valence electrons. The summed E-state index contributed by atoms with van der Waals surface area (Å²) in [5, 5.41) is 6.01. The molecule has 2 amide bonds. The van der Waals surface area contributed by atoms with E-state index in [1.54, 1.807) is 6.92 Å². The number of nitrogens with zero attached hydrogens (tertiary/aromatic N) is 3. The average molecular weight is 425 g/mol. The molecule has 0 unspecified atom stereocenters. The first-order chi connectivity index (χ1) is 10.1. The fourth-order valence-electron chi connectivity index (χ4n) is 2.13. The number of aliphatic imine (C=N–C) groups is 1. The van der Waals surface area contributed by atoms with Gasteiger partial charge in [0.15, 0.2) is 5.96 Å². The van der Waals surface area contributed by atoms with Crippen molar-refractivity contribution >= 4 is 41.8 Å². The van der Waals surface area contributed by atoms with Crippen molar-refractivity contribution in [1.29, 1.82) is 0 Å². The van der Waals surface area contributed by atoms with Crippen LogP contribution in [0.3, 0.4) is 0 Å². The quantitative estimate of drug-likeness (QED) is 0.377. The van der Waals surface area contributed by atoms with E-state index in [2.05, 4.69) is 20.5 Å². The van der Waals surface area contributed by atoms with Gasteiger partial charge in [-0.05, 0) is 13.3 Å². The lowest BCUT2D eigenvalue weighted by Crippen LogP contribution is -2.53. The second-order valence-electron chi connectivity index (χ2n) is 5.01. The molecule has 1 fully saturated rings. The number of amides is 2. The van der Waals surface area contributed by atoms with Crippen molar-refractivity contribution in [3.05, 3.63) is 0 Å². The number of hydrogen-bond acceptors (Lipinski definition) is 3. The van der Waals surface area contributed by atoms with Crippen LogP contribution in [0.25, 0.3) is 0 Å². The molecule has 0 radical (unpaired) electrons. The van der Waals surface area contributed by atoms with E-state index in [0.717, 1.165) is 32.0 Å². The minimum Gasteiger partial charge on any atom is -0.357 e. The summed E-state index contributed by atoms with van der Waals surface area (Å²) in [4.78, 5) is 31.2. The maximum absolute atomic E-state index is 11.6. The summed E-state index contributed by atoms with van der Waals surface area (Å²) in [6, 6.07) is 0. The highest BCUT2D eigenvalue weighted by Crippen LogP contribution is 2.02. The van der Waals surface area contributed by atoms with E-state index in [0.29, 0.717) is 19.6 Å². The lowest BCUT2D eigenvalue weighted by atomic mass is 10.3. The summed E-state index contributed by atoms with van der Waals surface area (Å²) in [6.45, 7) is 10.0. The molecule has 0 atom stereocenters. The molecule has 1 rings (SSSR count). The molecule has 0 aromatic heterocycles. The molecule has 1 aliphatic heterocycles. The predicted molar refractivity (Wildman–Crippen MR) is 98.5 cm³/mol. The van der Waals surface area contributed by atoms with Crippen molar-refractivity contribution in [2.45, 2.75) is 27.2 Å². The van der Waals surface area contributed by atoms with E-state index < -0.39 is 0 Å². The highest BCUT2D eigenvalue weighted by atomic mass is 127. The minimum absolute atomic E-state index is 0. The van der Waals surface area contributed by atoms with Crippen molar-refractivity contribution < 1.29 is 9.59 Å². The Morgan fingerprint density at radius 2 is 1.64 bits per heavy atom. The van der Waals surface area contributed by atoms with Gasteiger partial charge in [0, 0.05) is 46.2 Å². The second-order valence-corrected chi connectivity index (χ2v) is 5.01. The van der Waals surface area contributed by atoms with Gasteiger partial charge in [-0.15, -0.1) is 24.0 Å². The van der Waals surface area contributed by atoms with Crippen molar-refractivity contribution in [3.8, 4) is 0 Å². The van der Waals surface area contributed by atoms with Crippen LogP contribution < -0.4 is 10.6 Å². The smallest absolute Gasteiger partial charge is 0.241 e. The van der Waals surface area contributed by atoms with Crippen molar-refractivity contribution in [3.63, 3.8) is 0 Å². The number of rotatable bonds is 5. The van der Waals surface area contributed by atoms with E-state index in [1.807, 2.05) is 18.7 Å². The van der Waals surface area contributed by atoms with Crippen molar-refractivity contribution in [2.24, 2.45) is 4.99 Å². The van der Waals surface area contributed by atoms with Gasteiger partial charge in [0.1, 0.15) is 6.54 Å². The zero-order chi connectivity index (χ0) is 15.7. The zero-order valence-electron chi connectivity index (χ0n) is 13.7. The van der Waals surface area contributed by atoms with Gasteiger partial charge in [-0.1, -0.05) is 6.92 Å². The van der Waals surface area contributed by atoms with Gasteiger partial charge >= 0.3 is 0 Å². The molecule has 0 spiro atoms. The summed E-state index contributed by atoms with van der Waals surface area (Å²) in [5.74, 6) is 0.789. The van der Waals surface area contributed by atoms with Gasteiger partial charge in [-0.3, -0.25) is 9.59 Å². The van der Waals surface area contributed by atoms with Crippen LogP contribution in [0.1, 0.15) is 27.2 Å². The van der Waals surface area contributed by atoms with Gasteiger partial charge in [0.2, 0.25) is 11.8 Å². The lowest BCUT2D eigenvalue weighted by Gasteiger charge is -2.36. The first kappa shape index (κ1) is 20.9. The van der Waals surface area contributed by atoms with E-state index in [-0.39, 0.29) is 42.3 Å². The number of piperazine rings is 1. The molecule has 7 nitrogen and oxygen atoms in total. The molecule has 2 N–H and O–H groups in total. The third kappa shape index (κ3) is 7.28. The number of carbonyl (C=O) groups is 2. The second kappa shape index (κ2) is 11.5. The summed E-state index contributed by atoms with van der Waals surface area (Å²) in [6.07, 6.45) is 0.919. The van der Waals surface area contributed by atoms with E-state index in [4.69, 9.17) is 0 Å². The number of halogens is 1. The number of guanidine groups is 1. The van der Waals surface area contributed by atoms with E-state index >= 15 is 0 Å². The summed E-state index contributed by atoms with van der Waals surface area (Å²) in [5.41, 5.74) is 0. The number of nitrogens with one attached hydrogen (secondary N) is 2. The molecule has 22 heavy (non-hydrogen) atoms. The van der Waals surface area contributed by atoms with Crippen LogP contribution in [0.5, 0.6) is 0 Å². The Kier molecular flexibility index (Phi) is 10.9. The standard InChI is InChI=1S/C14H27N5O2.HI/c1-4-6-16-13(21)11-17-14(15-5-2)19-9-7-18(8-10-19)12(3)20;/h4-11H2,1-3H3,(H,15,17)(H,16,21);1H. The van der Waals surface area contributed by atoms with Gasteiger partial charge in [-0.25, -0.2) is 4.99 Å². The predicted octanol–water partition coefficient (Wildman–Crippen LogP) is 0.260. The molecule has 0 aromatic carbocycles. The SMILES string of the molecule is CCCNC(=O)CN=C(NCC)N1CCN(C(C)=O)CC1.I. The first-order valence-corrected chi connectivity index (χ1v) is 7.64. The van der Waals surface area contributed by atoms with E-state index in [9.17, 15) is 9.59 Å². The molecule has 1 heterocycles. The Bertz CT molecular complexity index is 381. The molecule has 8 heteroatoms. The summed E-state index contributed by atoms with van der Waals surface area (Å²) < 4.78 is 0. The largest absolute Gasteiger partial charge is 0.357 e. The fourth-order valence-corrected chi connectivity index (χ4v) is 2.13. The molecular formula is C14H28IN5O2. The minimum atomic E-state index is -0.0605. The molecule has 0 aliphatic carbocycles. The summed E-state index contributed by atoms with van der Waals surface area (Å²) in [7, 11) is 0. The van der Waals surface area contributed by atoms with Crippen molar-refractivity contribution in [2.75, 3.05) is 45.8 Å². The highest BCUT2D eigenvalue weighted by molar-refractivity contribution is 14.0. The average Bonchev–Trinajstić information content (AvgIpc) is 2.49. The third-order valence-corrected chi connectivity index (χ3v) is 3.30. The number of carbonyl (C=O) groups excluding carboxylic acids is 2. The Labute approximate surface area is 149 Å². The van der Waals surface area contributed by atoms with Crippen LogP contribution >= 0.6 is 24.0 Å². The Morgan fingerprint density at radius 3 is 2.14 bits per heavy atom. The fraction of sp³-hybridized carbons (Fsp3) is 0.786. The Balaban J connectivity index is 0.00000441. The van der Waals surface area contributed by atoms with Crippen LogP contribution in [-0.4, -0.2) is 73.4 Å². The Hall–Kier alpha value is -1.06. The van der Waals surface area contributed by atoms with Crippen LogP contribution in [-0.2, 0) is 9.59 Å². The normalized spacial score (nSPS) is 15.1. The maximum Gasteiger partial charge on any atom is 0.241 e. The topological polar surface area (TPSA) is 77.0 Å². The molecule has 1 aliphatic rings. The van der Waals surface area contributed by atoms with Gasteiger partial charge < -0.3 is 20.4 Å². The zero-order valence-corrected chi connectivity index (χ0v) is 16.1. The van der Waals surface area contributed by atoms with E-state index in [1.165, 1.54) is 0 Å². The van der Waals surface area contributed by atoms with Crippen LogP contribution in [0.15, 0.2) is 4.99 Å². The monoisotopic (exact) mass is 425 g/mol. The Morgan fingerprint density at radius 1 is 1.05 bits per heavy atom. The molecule has 0 bridgehead atoms. The van der Waals surface area contributed by atoms with Crippen LogP contribution in [0, 0.1) is 0 Å². The molecular weight excluding hydrogens is 397 g/mol. The van der Waals surface area contributed by atoms with Crippen LogP contribution in [0.4, 0.5) is 0 Å². The van der Waals surface area contributed by atoms with Crippen LogP contribution in [0.2, 0.25) is 0 Å². The van der Waals surface area contributed by atoms with Gasteiger partial charge in [0.25, 0.3) is 0 Å². The van der Waals surface area contributed by atoms with Crippen molar-refractivity contribution in [1.82, 2.24) is 20.4 Å². The third-order valence-electron chi connectivity index (χ3n) is 3.30. The molecule has 0 saturated carbocycles. The number of hydrogen-bond donors (Lipinski definition) is 2. The summed E-state index contributed by atoms with van der Waals surface area (Å²) >= 11 is 0. The highest BCUT2D eigenvalue weighted by Gasteiger charge is 2.20. The van der Waals surface area contributed by atoms with Gasteiger partial charge in [-0.2, -0.15) is 0 Å². The molecule has 0 aromatic rings. The van der Waals surface area contributed by atoms with Gasteiger partial charge in [0.05, 0.1) is 0 Å². The lowest BCUT2D eigenvalue weighted by molar-refractivity contribution is -0.130. The maximum atomic E-state index is 11.6. The molecule has 1 saturated heterocycles.